The third-order valence-electron chi connectivity index (χ3n) is 3.16. The van der Waals surface area contributed by atoms with Crippen molar-refractivity contribution in [3.05, 3.63) is 90.5 Å². The van der Waals surface area contributed by atoms with Crippen molar-refractivity contribution in [3.8, 4) is 0 Å². The zero-order valence-corrected chi connectivity index (χ0v) is 13.9. The summed E-state index contributed by atoms with van der Waals surface area (Å²) in [5.41, 5.74) is 2.65. The van der Waals surface area contributed by atoms with Gasteiger partial charge in [-0.3, -0.25) is 0 Å². The minimum Gasteiger partial charge on any atom is -0.303 e. The largest absolute Gasteiger partial charge is 0.466 e. The Morgan fingerprint density at radius 2 is 1.38 bits per heavy atom. The molecule has 0 aliphatic heterocycles. The molecule has 0 unspecified atom stereocenters. The van der Waals surface area contributed by atoms with Crippen molar-refractivity contribution < 1.29 is 23.8 Å². The topological polar surface area (TPSA) is 86.6 Å². The van der Waals surface area contributed by atoms with Gasteiger partial charge in [0.2, 0.25) is 6.33 Å². The molecule has 7 heteroatoms. The Balaban J connectivity index is 0.000000368. The van der Waals surface area contributed by atoms with Crippen molar-refractivity contribution >= 4 is 7.82 Å². The molecule has 0 spiro atoms. The average molecular weight is 347 g/mol. The first-order valence-corrected chi connectivity index (χ1v) is 8.87. The molecule has 24 heavy (non-hydrogen) atoms. The van der Waals surface area contributed by atoms with Gasteiger partial charge in [-0.25, -0.2) is 13.7 Å². The lowest BCUT2D eigenvalue weighted by Crippen LogP contribution is -2.31. The molecule has 3 rings (SSSR count). The van der Waals surface area contributed by atoms with Gasteiger partial charge in [0, 0.05) is 0 Å². The molecule has 6 nitrogen and oxygen atoms in total. The highest BCUT2D eigenvalue weighted by Crippen LogP contribution is 2.25. The van der Waals surface area contributed by atoms with Gasteiger partial charge in [-0.2, -0.15) is 0 Å². The number of nitrogens with zero attached hydrogens (tertiary/aromatic N) is 2. The fourth-order valence-corrected chi connectivity index (χ4v) is 2.21. The monoisotopic (exact) mass is 347 g/mol. The van der Waals surface area contributed by atoms with Gasteiger partial charge in [0.15, 0.2) is 0 Å². The predicted octanol–water partition coefficient (Wildman–Crippen LogP) is 1.94. The molecule has 0 radical (unpaired) electrons. The Hall–Kier alpha value is -2.24. The molecule has 0 amide bonds. The number of rotatable bonds is 4. The van der Waals surface area contributed by atoms with E-state index in [2.05, 4.69) is 88.5 Å². The second kappa shape index (κ2) is 8.57. The third-order valence-corrected chi connectivity index (χ3v) is 3.16. The zero-order chi connectivity index (χ0) is 17.4. The van der Waals surface area contributed by atoms with Crippen LogP contribution in [-0.4, -0.2) is 19.2 Å². The van der Waals surface area contributed by atoms with E-state index in [1.54, 1.807) is 0 Å². The van der Waals surface area contributed by atoms with Crippen molar-refractivity contribution in [2.24, 2.45) is 0 Å². The second-order valence-electron chi connectivity index (χ2n) is 5.24. The molecule has 0 atom stereocenters. The first-order chi connectivity index (χ1) is 11.4. The third kappa shape index (κ3) is 7.35. The van der Waals surface area contributed by atoms with E-state index in [9.17, 15) is 0 Å². The first-order valence-electron chi connectivity index (χ1n) is 7.31. The molecule has 3 N–H and O–H groups in total. The van der Waals surface area contributed by atoms with Gasteiger partial charge in [-0.15, -0.1) is 0 Å². The van der Waals surface area contributed by atoms with Crippen LogP contribution in [0.3, 0.4) is 0 Å². The number of benzene rings is 2. The maximum absolute atomic E-state index is 8.88. The lowest BCUT2D eigenvalue weighted by atomic mass is 10.2. The molecule has 0 saturated carbocycles. The molecule has 0 aliphatic carbocycles. The maximum atomic E-state index is 8.88. The quantitative estimate of drug-likeness (QED) is 0.497. The van der Waals surface area contributed by atoms with Crippen molar-refractivity contribution in [2.75, 3.05) is 0 Å². The van der Waals surface area contributed by atoms with Crippen LogP contribution in [0, 0.1) is 0 Å². The van der Waals surface area contributed by atoms with Gasteiger partial charge in [-0.1, -0.05) is 60.7 Å². The summed E-state index contributed by atoms with van der Waals surface area (Å²) in [6, 6.07) is 21.0. The Bertz CT molecular complexity index is 720. The Kier molecular flexibility index (Phi) is 6.46. The number of hydrogen-bond donors (Lipinski definition) is 3. The van der Waals surface area contributed by atoms with E-state index in [-0.39, 0.29) is 0 Å². The number of aromatic nitrogens is 2. The highest BCUT2D eigenvalue weighted by molar-refractivity contribution is 7.45. The van der Waals surface area contributed by atoms with Crippen LogP contribution in [0.5, 0.6) is 0 Å². The molecule has 1 aromatic heterocycles. The first kappa shape index (κ1) is 18.1. The zero-order valence-electron chi connectivity index (χ0n) is 13.0. The molecule has 0 aliphatic rings. The highest BCUT2D eigenvalue weighted by atomic mass is 31.2. The summed E-state index contributed by atoms with van der Waals surface area (Å²) in [4.78, 5) is 21.6. The highest BCUT2D eigenvalue weighted by Gasteiger charge is 2.05. The molecule has 3 aromatic rings. The predicted molar refractivity (Wildman–Crippen MR) is 90.0 cm³/mol. The molecule has 0 saturated heterocycles. The lowest BCUT2D eigenvalue weighted by Gasteiger charge is -1.98. The minimum absolute atomic E-state index is 0.919. The summed E-state index contributed by atoms with van der Waals surface area (Å²) in [5, 5.41) is 0. The van der Waals surface area contributed by atoms with E-state index in [0.717, 1.165) is 13.1 Å². The summed E-state index contributed by atoms with van der Waals surface area (Å²) in [7, 11) is -4.64. The number of imidazole rings is 1. The van der Waals surface area contributed by atoms with Gasteiger partial charge >= 0.3 is 7.82 Å². The Morgan fingerprint density at radius 3 is 1.92 bits per heavy atom. The van der Waals surface area contributed by atoms with Crippen molar-refractivity contribution in [3.63, 3.8) is 0 Å². The summed E-state index contributed by atoms with van der Waals surface area (Å²) in [5.74, 6) is 0. The van der Waals surface area contributed by atoms with E-state index >= 15 is 0 Å². The maximum Gasteiger partial charge on any atom is 0.466 e. The van der Waals surface area contributed by atoms with Crippen LogP contribution >= 0.6 is 7.82 Å². The SMILES string of the molecule is O=P(O)(O)O.c1ccc(Cn2cc[n+](Cc3ccccc3)c2)cc1. The molecule has 0 bridgehead atoms. The summed E-state index contributed by atoms with van der Waals surface area (Å²) in [6.45, 7) is 1.84. The second-order valence-corrected chi connectivity index (χ2v) is 6.27. The van der Waals surface area contributed by atoms with Gasteiger partial charge in [0.1, 0.15) is 25.5 Å². The van der Waals surface area contributed by atoms with E-state index < -0.39 is 7.82 Å². The molecule has 126 valence electrons. The Morgan fingerprint density at radius 1 is 0.875 bits per heavy atom. The summed E-state index contributed by atoms with van der Waals surface area (Å²) >= 11 is 0. The van der Waals surface area contributed by atoms with Gasteiger partial charge in [-0.05, 0) is 11.1 Å². The molecular formula is C17H20N2O4P+. The van der Waals surface area contributed by atoms with Crippen LogP contribution in [0.15, 0.2) is 79.4 Å². The average Bonchev–Trinajstić information content (AvgIpc) is 2.95. The van der Waals surface area contributed by atoms with Gasteiger partial charge < -0.3 is 14.7 Å². The number of phosphoric acid groups is 1. The van der Waals surface area contributed by atoms with E-state index in [1.165, 1.54) is 11.1 Å². The van der Waals surface area contributed by atoms with Gasteiger partial charge in [0.05, 0.1) is 0 Å². The van der Waals surface area contributed by atoms with E-state index in [4.69, 9.17) is 19.2 Å². The summed E-state index contributed by atoms with van der Waals surface area (Å²) < 4.78 is 13.3. The van der Waals surface area contributed by atoms with Crippen molar-refractivity contribution in [1.29, 1.82) is 0 Å². The smallest absolute Gasteiger partial charge is 0.303 e. The van der Waals surface area contributed by atoms with Crippen molar-refractivity contribution in [1.82, 2.24) is 4.57 Å². The Labute approximate surface area is 140 Å². The van der Waals surface area contributed by atoms with Crippen LogP contribution in [-0.2, 0) is 17.7 Å². The van der Waals surface area contributed by atoms with E-state index in [1.807, 2.05) is 0 Å². The normalized spacial score (nSPS) is 10.8. The lowest BCUT2D eigenvalue weighted by molar-refractivity contribution is -0.687. The van der Waals surface area contributed by atoms with E-state index in [0.29, 0.717) is 0 Å². The van der Waals surface area contributed by atoms with Crippen LogP contribution < -0.4 is 4.57 Å². The minimum atomic E-state index is -4.64. The fraction of sp³-hybridized carbons (Fsp3) is 0.118. The molecule has 2 aromatic carbocycles. The molecule has 0 fully saturated rings. The fourth-order valence-electron chi connectivity index (χ4n) is 2.21. The molecule has 1 heterocycles. The van der Waals surface area contributed by atoms with Crippen LogP contribution in [0.4, 0.5) is 0 Å². The van der Waals surface area contributed by atoms with Crippen LogP contribution in [0.2, 0.25) is 0 Å². The van der Waals surface area contributed by atoms with Crippen molar-refractivity contribution in [2.45, 2.75) is 13.1 Å². The summed E-state index contributed by atoms with van der Waals surface area (Å²) in [6.07, 6.45) is 6.39. The van der Waals surface area contributed by atoms with Crippen LogP contribution in [0.25, 0.3) is 0 Å². The molecular weight excluding hydrogens is 327 g/mol. The standard InChI is InChI=1S/C17H17N2.H3O4P/c1-3-7-16(8-4-1)13-18-11-12-19(15-18)14-17-9-5-2-6-10-17;1-5(2,3)4/h1-12,15H,13-14H2;(H3,1,2,3,4)/q+1;. The van der Waals surface area contributed by atoms with Gasteiger partial charge in [0.25, 0.3) is 0 Å². The number of hydrogen-bond acceptors (Lipinski definition) is 1. The van der Waals surface area contributed by atoms with Crippen LogP contribution in [0.1, 0.15) is 11.1 Å².